The molecule has 0 bridgehead atoms. The number of nitrogens with one attached hydrogen (secondary N) is 2. The van der Waals surface area contributed by atoms with E-state index < -0.39 is 23.5 Å². The van der Waals surface area contributed by atoms with Gasteiger partial charge >= 0.3 is 12.4 Å². The fraction of sp³-hybridized carbons (Fsp3) is 0.600. The van der Waals surface area contributed by atoms with Crippen LogP contribution in [0.3, 0.4) is 0 Å². The molecule has 9 heteroatoms. The summed E-state index contributed by atoms with van der Waals surface area (Å²) in [6, 6.07) is 1.78. The highest BCUT2D eigenvalue weighted by atomic mass is 19.4. The van der Waals surface area contributed by atoms with E-state index >= 15 is 0 Å². The molecule has 1 aromatic carbocycles. The highest BCUT2D eigenvalue weighted by Crippen LogP contribution is 2.36. The summed E-state index contributed by atoms with van der Waals surface area (Å²) in [5.41, 5.74) is -2.73. The van der Waals surface area contributed by atoms with Crippen molar-refractivity contribution in [1.29, 1.82) is 0 Å². The third-order valence-electron chi connectivity index (χ3n) is 3.66. The van der Waals surface area contributed by atoms with E-state index in [0.717, 1.165) is 19.4 Å². The van der Waals surface area contributed by atoms with Crippen LogP contribution in [0, 0.1) is 0 Å². The fourth-order valence-electron chi connectivity index (χ4n) is 2.49. The zero-order valence-corrected chi connectivity index (χ0v) is 12.7. The van der Waals surface area contributed by atoms with Gasteiger partial charge < -0.3 is 10.1 Å². The first-order valence-corrected chi connectivity index (χ1v) is 7.46. The lowest BCUT2D eigenvalue weighted by Crippen LogP contribution is -2.29. The largest absolute Gasteiger partial charge is 0.416 e. The molecule has 2 rings (SSSR count). The summed E-state index contributed by atoms with van der Waals surface area (Å²) >= 11 is 0. The minimum atomic E-state index is -4.83. The van der Waals surface area contributed by atoms with E-state index in [2.05, 4.69) is 10.6 Å². The van der Waals surface area contributed by atoms with Crippen molar-refractivity contribution >= 4 is 0 Å². The van der Waals surface area contributed by atoms with Gasteiger partial charge in [-0.15, -0.1) is 0 Å². The smallest absolute Gasteiger partial charge is 0.365 e. The van der Waals surface area contributed by atoms with Crippen LogP contribution in [-0.2, 0) is 23.6 Å². The molecule has 0 spiro atoms. The predicted octanol–water partition coefficient (Wildman–Crippen LogP) is 3.54. The third kappa shape index (κ3) is 5.64. The van der Waals surface area contributed by atoms with Gasteiger partial charge in [0.25, 0.3) is 0 Å². The molecule has 1 heterocycles. The van der Waals surface area contributed by atoms with Crippen molar-refractivity contribution in [3.63, 3.8) is 0 Å². The molecule has 1 saturated heterocycles. The number of benzene rings is 1. The van der Waals surface area contributed by atoms with Gasteiger partial charge in [0.2, 0.25) is 0 Å². The topological polar surface area (TPSA) is 33.3 Å². The Morgan fingerprint density at radius 1 is 1.04 bits per heavy atom. The van der Waals surface area contributed by atoms with Crippen molar-refractivity contribution in [3.05, 3.63) is 34.9 Å². The Labute approximate surface area is 135 Å². The van der Waals surface area contributed by atoms with Gasteiger partial charge in [0.15, 0.2) is 0 Å². The van der Waals surface area contributed by atoms with Gasteiger partial charge in [0.1, 0.15) is 0 Å². The molecule has 0 aliphatic carbocycles. The Hall–Kier alpha value is -1.32. The molecule has 3 nitrogen and oxygen atoms in total. The molecule has 1 unspecified atom stereocenters. The summed E-state index contributed by atoms with van der Waals surface area (Å²) in [6.07, 6.45) is -7.62. The molecule has 2 N–H and O–H groups in total. The molecular formula is C15H18F6N2O. The lowest BCUT2D eigenvalue weighted by atomic mass is 10.0. The van der Waals surface area contributed by atoms with E-state index in [1.54, 1.807) is 0 Å². The number of hydrogen-bond donors (Lipinski definition) is 2. The number of halogens is 6. The molecule has 0 saturated carbocycles. The average Bonchev–Trinajstić information content (AvgIpc) is 2.98. The monoisotopic (exact) mass is 356 g/mol. The van der Waals surface area contributed by atoms with Crippen molar-refractivity contribution in [2.45, 2.75) is 37.8 Å². The maximum Gasteiger partial charge on any atom is 0.416 e. The number of alkyl halides is 6. The Bertz CT molecular complexity index is 505. The first-order chi connectivity index (χ1) is 11.2. The second-order valence-corrected chi connectivity index (χ2v) is 5.65. The maximum atomic E-state index is 12.7. The van der Waals surface area contributed by atoms with Crippen molar-refractivity contribution < 1.29 is 31.1 Å². The van der Waals surface area contributed by atoms with Crippen molar-refractivity contribution in [2.75, 3.05) is 19.9 Å². The lowest BCUT2D eigenvalue weighted by Gasteiger charge is -2.15. The zero-order chi connectivity index (χ0) is 17.8. The van der Waals surface area contributed by atoms with Gasteiger partial charge in [-0.05, 0) is 43.1 Å². The fourth-order valence-corrected chi connectivity index (χ4v) is 2.49. The van der Waals surface area contributed by atoms with Gasteiger partial charge in [-0.3, -0.25) is 5.32 Å². The van der Waals surface area contributed by atoms with Crippen molar-refractivity contribution in [1.82, 2.24) is 10.6 Å². The van der Waals surface area contributed by atoms with Gasteiger partial charge in [0.05, 0.1) is 24.5 Å². The highest BCUT2D eigenvalue weighted by Gasteiger charge is 2.36. The van der Waals surface area contributed by atoms with E-state index in [-0.39, 0.29) is 30.9 Å². The molecule has 1 aromatic rings. The summed E-state index contributed by atoms with van der Waals surface area (Å²) in [6.45, 7) is 1.27. The van der Waals surface area contributed by atoms with E-state index in [4.69, 9.17) is 4.74 Å². The van der Waals surface area contributed by atoms with Crippen LogP contribution in [0.15, 0.2) is 18.2 Å². The molecule has 0 aromatic heterocycles. The van der Waals surface area contributed by atoms with Crippen LogP contribution in [-0.4, -0.2) is 25.9 Å². The summed E-state index contributed by atoms with van der Waals surface area (Å²) in [5, 5.41) is 5.91. The number of ether oxygens (including phenoxy) is 1. The average molecular weight is 356 g/mol. The minimum absolute atomic E-state index is 0.0514. The van der Waals surface area contributed by atoms with Crippen molar-refractivity contribution in [3.8, 4) is 0 Å². The summed E-state index contributed by atoms with van der Waals surface area (Å²) in [4.78, 5) is 0. The third-order valence-corrected chi connectivity index (χ3v) is 3.66. The molecular weight excluding hydrogens is 338 g/mol. The molecule has 0 amide bonds. The first-order valence-electron chi connectivity index (χ1n) is 7.46. The highest BCUT2D eigenvalue weighted by molar-refractivity contribution is 5.33. The van der Waals surface area contributed by atoms with Crippen LogP contribution in [0.5, 0.6) is 0 Å². The SMILES string of the molecule is FC(F)(F)c1cc(CNCOCC2CCCN2)cc(C(F)(F)F)c1. The summed E-state index contributed by atoms with van der Waals surface area (Å²) in [7, 11) is 0. The van der Waals surface area contributed by atoms with Crippen LogP contribution in [0.1, 0.15) is 29.5 Å². The molecule has 1 fully saturated rings. The number of hydrogen-bond acceptors (Lipinski definition) is 3. The van der Waals surface area contributed by atoms with Crippen LogP contribution in [0.25, 0.3) is 0 Å². The Balaban J connectivity index is 1.93. The molecule has 1 aliphatic heterocycles. The number of rotatable bonds is 6. The van der Waals surface area contributed by atoms with Gasteiger partial charge in [-0.25, -0.2) is 0 Å². The van der Waals surface area contributed by atoms with Crippen LogP contribution in [0.2, 0.25) is 0 Å². The second-order valence-electron chi connectivity index (χ2n) is 5.65. The molecule has 136 valence electrons. The standard InChI is InChI=1S/C15H18F6N2O/c16-14(17,18)11-4-10(5-12(6-11)15(19,20)21)7-22-9-24-8-13-2-1-3-23-13/h4-6,13,22-23H,1-3,7-9H2. The Kier molecular flexibility index (Phi) is 6.11. The zero-order valence-electron chi connectivity index (χ0n) is 12.7. The van der Waals surface area contributed by atoms with E-state index in [0.29, 0.717) is 18.7 Å². The first kappa shape index (κ1) is 19.0. The second kappa shape index (κ2) is 7.71. The summed E-state index contributed by atoms with van der Waals surface area (Å²) in [5.74, 6) is 0. The van der Waals surface area contributed by atoms with E-state index in [1.807, 2.05) is 0 Å². The maximum absolute atomic E-state index is 12.7. The van der Waals surface area contributed by atoms with Crippen LogP contribution >= 0.6 is 0 Å². The molecule has 24 heavy (non-hydrogen) atoms. The normalized spacial score (nSPS) is 19.0. The molecule has 1 atom stereocenters. The van der Waals surface area contributed by atoms with E-state index in [9.17, 15) is 26.3 Å². The Morgan fingerprint density at radius 2 is 1.67 bits per heavy atom. The lowest BCUT2D eigenvalue weighted by molar-refractivity contribution is -0.143. The van der Waals surface area contributed by atoms with Crippen molar-refractivity contribution in [2.24, 2.45) is 0 Å². The van der Waals surface area contributed by atoms with Crippen LogP contribution < -0.4 is 10.6 Å². The van der Waals surface area contributed by atoms with Gasteiger partial charge in [0, 0.05) is 12.6 Å². The minimum Gasteiger partial charge on any atom is -0.365 e. The van der Waals surface area contributed by atoms with E-state index in [1.165, 1.54) is 0 Å². The Morgan fingerprint density at radius 3 is 2.17 bits per heavy atom. The predicted molar refractivity (Wildman–Crippen MR) is 75.1 cm³/mol. The van der Waals surface area contributed by atoms with Gasteiger partial charge in [-0.1, -0.05) is 0 Å². The summed E-state index contributed by atoms with van der Waals surface area (Å²) < 4.78 is 81.7. The van der Waals surface area contributed by atoms with Gasteiger partial charge in [-0.2, -0.15) is 26.3 Å². The quantitative estimate of drug-likeness (QED) is 0.465. The molecule has 1 aliphatic rings. The molecule has 0 radical (unpaired) electrons. The van der Waals surface area contributed by atoms with Crippen LogP contribution in [0.4, 0.5) is 26.3 Å².